The average molecular weight is 293 g/mol. The Hall–Kier alpha value is -2.77. The number of urea groups is 1. The lowest BCUT2D eigenvalue weighted by molar-refractivity contribution is -0.120. The monoisotopic (exact) mass is 293 g/mol. The van der Waals surface area contributed by atoms with Crippen molar-refractivity contribution in [3.8, 4) is 5.75 Å². The van der Waals surface area contributed by atoms with Crippen LogP contribution in [0.3, 0.4) is 0 Å². The molecule has 0 atom stereocenters. The lowest BCUT2D eigenvalue weighted by Gasteiger charge is -2.19. The standard InChI is InChI=1S/C13H15N3O5/c17-10-3-2-8(6-9(10)12(19)20)15-13(21)16-5-1-4-14-11(18)7-16/h2-3,6,17H,1,4-5,7H2,(H,14,18)(H,15,21)(H,19,20). The number of aromatic hydroxyl groups is 1. The number of benzene rings is 1. The summed E-state index contributed by atoms with van der Waals surface area (Å²) in [6, 6.07) is 3.24. The lowest BCUT2D eigenvalue weighted by atomic mass is 10.2. The van der Waals surface area contributed by atoms with Crippen molar-refractivity contribution < 1.29 is 24.6 Å². The van der Waals surface area contributed by atoms with Gasteiger partial charge in [0, 0.05) is 18.8 Å². The predicted octanol–water partition coefficient (Wildman–Crippen LogP) is 0.444. The van der Waals surface area contributed by atoms with E-state index in [1.165, 1.54) is 17.0 Å². The minimum atomic E-state index is -1.29. The number of nitrogens with zero attached hydrogens (tertiary/aromatic N) is 1. The number of nitrogens with one attached hydrogen (secondary N) is 2. The number of amides is 3. The minimum absolute atomic E-state index is 0.0459. The molecule has 0 radical (unpaired) electrons. The molecular weight excluding hydrogens is 278 g/mol. The number of rotatable bonds is 2. The molecule has 0 saturated carbocycles. The smallest absolute Gasteiger partial charge is 0.339 e. The zero-order valence-electron chi connectivity index (χ0n) is 11.1. The van der Waals surface area contributed by atoms with Gasteiger partial charge in [-0.2, -0.15) is 0 Å². The Labute approximate surface area is 120 Å². The Morgan fingerprint density at radius 2 is 2.10 bits per heavy atom. The van der Waals surface area contributed by atoms with E-state index < -0.39 is 12.0 Å². The van der Waals surface area contributed by atoms with Crippen molar-refractivity contribution in [1.29, 1.82) is 0 Å². The number of carboxylic acids is 1. The van der Waals surface area contributed by atoms with E-state index in [1.807, 2.05) is 0 Å². The molecule has 1 aromatic rings. The molecule has 0 bridgehead atoms. The zero-order chi connectivity index (χ0) is 15.4. The molecule has 1 aromatic carbocycles. The first kappa shape index (κ1) is 14.6. The molecule has 4 N–H and O–H groups in total. The summed E-state index contributed by atoms with van der Waals surface area (Å²) >= 11 is 0. The Morgan fingerprint density at radius 1 is 1.33 bits per heavy atom. The number of anilines is 1. The largest absolute Gasteiger partial charge is 0.507 e. The van der Waals surface area contributed by atoms with Gasteiger partial charge in [0.2, 0.25) is 5.91 Å². The first-order valence-corrected chi connectivity index (χ1v) is 6.36. The van der Waals surface area contributed by atoms with Crippen LogP contribution < -0.4 is 10.6 Å². The van der Waals surface area contributed by atoms with E-state index in [0.717, 1.165) is 6.07 Å². The highest BCUT2D eigenvalue weighted by Gasteiger charge is 2.20. The molecule has 8 nitrogen and oxygen atoms in total. The van der Waals surface area contributed by atoms with Crippen molar-refractivity contribution >= 4 is 23.6 Å². The molecule has 0 aliphatic carbocycles. The van der Waals surface area contributed by atoms with E-state index in [2.05, 4.69) is 10.6 Å². The molecular formula is C13H15N3O5. The molecule has 2 rings (SSSR count). The van der Waals surface area contributed by atoms with Gasteiger partial charge in [0.1, 0.15) is 17.9 Å². The van der Waals surface area contributed by atoms with Crippen LogP contribution in [-0.2, 0) is 4.79 Å². The molecule has 21 heavy (non-hydrogen) atoms. The third kappa shape index (κ3) is 3.62. The van der Waals surface area contributed by atoms with Gasteiger partial charge in [-0.05, 0) is 24.6 Å². The molecule has 112 valence electrons. The number of hydrogen-bond acceptors (Lipinski definition) is 4. The normalized spacial score (nSPS) is 15.0. The van der Waals surface area contributed by atoms with Crippen LogP contribution in [0.4, 0.5) is 10.5 Å². The van der Waals surface area contributed by atoms with E-state index in [4.69, 9.17) is 5.11 Å². The van der Waals surface area contributed by atoms with Gasteiger partial charge in [-0.25, -0.2) is 9.59 Å². The molecule has 1 saturated heterocycles. The quantitative estimate of drug-likeness (QED) is 0.590. The number of phenols is 1. The van der Waals surface area contributed by atoms with Gasteiger partial charge in [0.05, 0.1) is 0 Å². The maximum absolute atomic E-state index is 12.1. The van der Waals surface area contributed by atoms with Crippen molar-refractivity contribution in [2.45, 2.75) is 6.42 Å². The topological polar surface area (TPSA) is 119 Å². The van der Waals surface area contributed by atoms with Gasteiger partial charge < -0.3 is 25.7 Å². The van der Waals surface area contributed by atoms with Crippen LogP contribution in [0, 0.1) is 0 Å². The fourth-order valence-electron chi connectivity index (χ4n) is 1.97. The van der Waals surface area contributed by atoms with Crippen LogP contribution in [0.25, 0.3) is 0 Å². The second kappa shape index (κ2) is 6.12. The number of carbonyl (C=O) groups is 3. The molecule has 1 heterocycles. The van der Waals surface area contributed by atoms with Crippen LogP contribution in [0.15, 0.2) is 18.2 Å². The van der Waals surface area contributed by atoms with E-state index in [0.29, 0.717) is 19.5 Å². The number of aromatic carboxylic acids is 1. The molecule has 3 amide bonds. The molecule has 1 fully saturated rings. The Morgan fingerprint density at radius 3 is 2.81 bits per heavy atom. The fourth-order valence-corrected chi connectivity index (χ4v) is 1.97. The van der Waals surface area contributed by atoms with E-state index in [9.17, 15) is 19.5 Å². The van der Waals surface area contributed by atoms with Crippen LogP contribution in [-0.4, -0.2) is 52.7 Å². The van der Waals surface area contributed by atoms with Crippen LogP contribution in [0.5, 0.6) is 5.75 Å². The summed E-state index contributed by atoms with van der Waals surface area (Å²) in [6.45, 7) is 0.898. The molecule has 0 aromatic heterocycles. The van der Waals surface area contributed by atoms with E-state index >= 15 is 0 Å². The average Bonchev–Trinajstić information content (AvgIpc) is 2.65. The van der Waals surface area contributed by atoms with Gasteiger partial charge in [-0.15, -0.1) is 0 Å². The Bertz CT molecular complexity index is 587. The zero-order valence-corrected chi connectivity index (χ0v) is 11.1. The van der Waals surface area contributed by atoms with E-state index in [-0.39, 0.29) is 29.5 Å². The van der Waals surface area contributed by atoms with Gasteiger partial charge in [-0.1, -0.05) is 0 Å². The molecule has 8 heteroatoms. The van der Waals surface area contributed by atoms with E-state index in [1.54, 1.807) is 0 Å². The van der Waals surface area contributed by atoms with Gasteiger partial charge >= 0.3 is 12.0 Å². The summed E-state index contributed by atoms with van der Waals surface area (Å²) in [4.78, 5) is 35.7. The van der Waals surface area contributed by atoms with Crippen molar-refractivity contribution in [2.24, 2.45) is 0 Å². The molecule has 0 unspecified atom stereocenters. The minimum Gasteiger partial charge on any atom is -0.507 e. The van der Waals surface area contributed by atoms with Crippen molar-refractivity contribution in [3.63, 3.8) is 0 Å². The third-order valence-electron chi connectivity index (χ3n) is 3.03. The van der Waals surface area contributed by atoms with Crippen LogP contribution in [0.2, 0.25) is 0 Å². The third-order valence-corrected chi connectivity index (χ3v) is 3.03. The summed E-state index contributed by atoms with van der Waals surface area (Å²) in [5, 5.41) is 23.5. The van der Waals surface area contributed by atoms with Crippen LogP contribution in [0.1, 0.15) is 16.8 Å². The van der Waals surface area contributed by atoms with Crippen molar-refractivity contribution in [1.82, 2.24) is 10.2 Å². The highest BCUT2D eigenvalue weighted by Crippen LogP contribution is 2.21. The molecule has 1 aliphatic rings. The highest BCUT2D eigenvalue weighted by molar-refractivity contribution is 5.96. The number of carbonyl (C=O) groups excluding carboxylic acids is 2. The van der Waals surface area contributed by atoms with Crippen LogP contribution >= 0.6 is 0 Å². The van der Waals surface area contributed by atoms with Crippen molar-refractivity contribution in [3.05, 3.63) is 23.8 Å². The highest BCUT2D eigenvalue weighted by atomic mass is 16.4. The van der Waals surface area contributed by atoms with Gasteiger partial charge in [0.15, 0.2) is 0 Å². The summed E-state index contributed by atoms with van der Waals surface area (Å²) in [7, 11) is 0. The van der Waals surface area contributed by atoms with Crippen molar-refractivity contribution in [2.75, 3.05) is 25.0 Å². The number of carboxylic acid groups (broad SMARTS) is 1. The summed E-state index contributed by atoms with van der Waals surface area (Å²) in [6.07, 6.45) is 0.648. The second-order valence-corrected chi connectivity index (χ2v) is 4.59. The van der Waals surface area contributed by atoms with Gasteiger partial charge in [0.25, 0.3) is 0 Å². The molecule has 1 aliphatic heterocycles. The van der Waals surface area contributed by atoms with Gasteiger partial charge in [-0.3, -0.25) is 4.79 Å². The molecule has 0 spiro atoms. The lowest BCUT2D eigenvalue weighted by Crippen LogP contribution is -2.39. The number of hydrogen-bond donors (Lipinski definition) is 4. The fraction of sp³-hybridized carbons (Fsp3) is 0.308. The summed E-state index contributed by atoms with van der Waals surface area (Å²) in [5.41, 5.74) is -0.0683. The summed E-state index contributed by atoms with van der Waals surface area (Å²) < 4.78 is 0. The first-order chi connectivity index (χ1) is 9.97. The Kier molecular flexibility index (Phi) is 4.27. The second-order valence-electron chi connectivity index (χ2n) is 4.59. The maximum Gasteiger partial charge on any atom is 0.339 e. The maximum atomic E-state index is 12.1. The first-order valence-electron chi connectivity index (χ1n) is 6.36. The Balaban J connectivity index is 2.10. The summed E-state index contributed by atoms with van der Waals surface area (Å²) in [5.74, 6) is -1.91. The predicted molar refractivity (Wildman–Crippen MR) is 73.3 cm³/mol. The SMILES string of the molecule is O=C1CN(C(=O)Nc2ccc(O)c(C(=O)O)c2)CCCN1.